The molecule has 2 aromatic rings. The highest BCUT2D eigenvalue weighted by Gasteiger charge is 2.15. The summed E-state index contributed by atoms with van der Waals surface area (Å²) < 4.78 is 1.93. The predicted octanol–water partition coefficient (Wildman–Crippen LogP) is 2.46. The van der Waals surface area contributed by atoms with E-state index in [1.165, 1.54) is 9.75 Å². The Labute approximate surface area is 112 Å². The minimum Gasteiger partial charge on any atom is -0.320 e. The van der Waals surface area contributed by atoms with Gasteiger partial charge in [-0.05, 0) is 17.5 Å². The van der Waals surface area contributed by atoms with Crippen molar-refractivity contribution in [3.05, 3.63) is 34.0 Å². The molecule has 4 nitrogen and oxygen atoms in total. The zero-order valence-electron chi connectivity index (χ0n) is 11.4. The van der Waals surface area contributed by atoms with Crippen LogP contribution in [0.4, 0.5) is 0 Å². The van der Waals surface area contributed by atoms with E-state index in [0.29, 0.717) is 0 Å². The highest BCUT2D eigenvalue weighted by atomic mass is 32.1. The Balaban J connectivity index is 1.88. The number of aromatic nitrogens is 3. The van der Waals surface area contributed by atoms with E-state index in [0.717, 1.165) is 18.9 Å². The fourth-order valence-corrected chi connectivity index (χ4v) is 2.68. The van der Waals surface area contributed by atoms with Crippen LogP contribution in [0.1, 0.15) is 36.3 Å². The molecule has 0 saturated heterocycles. The lowest BCUT2D eigenvalue weighted by atomic mass is 9.95. The SMILES string of the molecule is Cn1cnnc1CNCc1ccc(C(C)(C)C)s1. The number of hydrogen-bond acceptors (Lipinski definition) is 4. The highest BCUT2D eigenvalue weighted by molar-refractivity contribution is 7.12. The number of nitrogens with one attached hydrogen (secondary N) is 1. The summed E-state index contributed by atoms with van der Waals surface area (Å²) in [5.74, 6) is 0.961. The summed E-state index contributed by atoms with van der Waals surface area (Å²) in [7, 11) is 1.96. The topological polar surface area (TPSA) is 42.7 Å². The molecule has 2 heterocycles. The molecule has 0 fully saturated rings. The van der Waals surface area contributed by atoms with Crippen molar-refractivity contribution in [1.29, 1.82) is 0 Å². The first-order valence-electron chi connectivity index (χ1n) is 6.09. The first kappa shape index (κ1) is 13.2. The number of aryl methyl sites for hydroxylation is 1. The van der Waals surface area contributed by atoms with E-state index < -0.39 is 0 Å². The average Bonchev–Trinajstić information content (AvgIpc) is 2.88. The van der Waals surface area contributed by atoms with Crippen molar-refractivity contribution in [2.75, 3.05) is 0 Å². The number of rotatable bonds is 4. The van der Waals surface area contributed by atoms with Gasteiger partial charge in [-0.3, -0.25) is 0 Å². The maximum atomic E-state index is 4.05. The Morgan fingerprint density at radius 1 is 1.28 bits per heavy atom. The second-order valence-electron chi connectivity index (χ2n) is 5.48. The van der Waals surface area contributed by atoms with E-state index in [-0.39, 0.29) is 5.41 Å². The average molecular weight is 264 g/mol. The van der Waals surface area contributed by atoms with Crippen molar-refractivity contribution in [2.45, 2.75) is 39.3 Å². The molecule has 0 radical (unpaired) electrons. The third kappa shape index (κ3) is 3.17. The van der Waals surface area contributed by atoms with Gasteiger partial charge in [0, 0.05) is 23.3 Å². The molecule has 0 saturated carbocycles. The Hall–Kier alpha value is -1.20. The molecule has 2 rings (SSSR count). The lowest BCUT2D eigenvalue weighted by molar-refractivity contribution is 0.604. The Morgan fingerprint density at radius 2 is 2.06 bits per heavy atom. The second-order valence-corrected chi connectivity index (χ2v) is 6.65. The highest BCUT2D eigenvalue weighted by Crippen LogP contribution is 2.29. The van der Waals surface area contributed by atoms with Crippen LogP contribution in [0.25, 0.3) is 0 Å². The standard InChI is InChI=1S/C13H20N4S/c1-13(2,3)11-6-5-10(18-11)7-14-8-12-16-15-9-17(12)4/h5-6,9,14H,7-8H2,1-4H3. The van der Waals surface area contributed by atoms with Crippen molar-refractivity contribution in [3.8, 4) is 0 Å². The van der Waals surface area contributed by atoms with Crippen LogP contribution in [0.15, 0.2) is 18.5 Å². The Morgan fingerprint density at radius 3 is 2.61 bits per heavy atom. The minimum atomic E-state index is 0.243. The number of hydrogen-bond donors (Lipinski definition) is 1. The van der Waals surface area contributed by atoms with Crippen LogP contribution in [0.3, 0.4) is 0 Å². The van der Waals surface area contributed by atoms with Crippen LogP contribution in [-0.2, 0) is 25.6 Å². The minimum absolute atomic E-state index is 0.243. The molecule has 0 aliphatic carbocycles. The lowest BCUT2D eigenvalue weighted by Crippen LogP contribution is -2.15. The maximum absolute atomic E-state index is 4.05. The molecule has 2 aromatic heterocycles. The molecule has 5 heteroatoms. The first-order valence-corrected chi connectivity index (χ1v) is 6.91. The summed E-state index contributed by atoms with van der Waals surface area (Å²) in [6.45, 7) is 8.37. The van der Waals surface area contributed by atoms with Gasteiger partial charge in [-0.2, -0.15) is 0 Å². The van der Waals surface area contributed by atoms with Gasteiger partial charge in [0.2, 0.25) is 0 Å². The summed E-state index contributed by atoms with van der Waals surface area (Å²) in [4.78, 5) is 2.79. The summed E-state index contributed by atoms with van der Waals surface area (Å²) in [6, 6.07) is 4.43. The van der Waals surface area contributed by atoms with Gasteiger partial charge in [-0.15, -0.1) is 21.5 Å². The maximum Gasteiger partial charge on any atom is 0.146 e. The zero-order valence-corrected chi connectivity index (χ0v) is 12.2. The molecular weight excluding hydrogens is 244 g/mol. The van der Waals surface area contributed by atoms with Gasteiger partial charge >= 0.3 is 0 Å². The first-order chi connectivity index (χ1) is 8.47. The van der Waals surface area contributed by atoms with Gasteiger partial charge in [-0.25, -0.2) is 0 Å². The fraction of sp³-hybridized carbons (Fsp3) is 0.538. The predicted molar refractivity (Wildman–Crippen MR) is 74.6 cm³/mol. The number of thiophene rings is 1. The molecule has 0 amide bonds. The molecule has 0 spiro atoms. The third-order valence-corrected chi connectivity index (χ3v) is 4.30. The molecule has 1 N–H and O–H groups in total. The molecule has 0 atom stereocenters. The van der Waals surface area contributed by atoms with Gasteiger partial charge in [-0.1, -0.05) is 20.8 Å². The number of nitrogens with zero attached hydrogens (tertiary/aromatic N) is 3. The quantitative estimate of drug-likeness (QED) is 0.922. The van der Waals surface area contributed by atoms with Crippen LogP contribution < -0.4 is 5.32 Å². The normalized spacial score (nSPS) is 12.0. The van der Waals surface area contributed by atoms with Crippen LogP contribution in [0.5, 0.6) is 0 Å². The van der Waals surface area contributed by atoms with Gasteiger partial charge in [0.15, 0.2) is 0 Å². The smallest absolute Gasteiger partial charge is 0.146 e. The molecule has 0 aliphatic heterocycles. The van der Waals surface area contributed by atoms with Gasteiger partial charge in [0.1, 0.15) is 12.2 Å². The van der Waals surface area contributed by atoms with E-state index in [2.05, 4.69) is 48.4 Å². The van der Waals surface area contributed by atoms with E-state index in [9.17, 15) is 0 Å². The van der Waals surface area contributed by atoms with Crippen LogP contribution in [-0.4, -0.2) is 14.8 Å². The van der Waals surface area contributed by atoms with Gasteiger partial charge in [0.05, 0.1) is 6.54 Å². The van der Waals surface area contributed by atoms with E-state index in [1.54, 1.807) is 6.33 Å². The molecular formula is C13H20N4S. The van der Waals surface area contributed by atoms with Gasteiger partial charge in [0.25, 0.3) is 0 Å². The van der Waals surface area contributed by atoms with Crippen LogP contribution in [0, 0.1) is 0 Å². The van der Waals surface area contributed by atoms with Crippen molar-refractivity contribution < 1.29 is 0 Å². The van der Waals surface area contributed by atoms with Crippen LogP contribution >= 0.6 is 11.3 Å². The summed E-state index contributed by atoms with van der Waals surface area (Å²) in [5.41, 5.74) is 0.243. The molecule has 18 heavy (non-hydrogen) atoms. The van der Waals surface area contributed by atoms with E-state index in [4.69, 9.17) is 0 Å². The lowest BCUT2D eigenvalue weighted by Gasteiger charge is -2.15. The Bertz CT molecular complexity index is 507. The summed E-state index contributed by atoms with van der Waals surface area (Å²) in [6.07, 6.45) is 1.72. The van der Waals surface area contributed by atoms with Crippen molar-refractivity contribution in [2.24, 2.45) is 7.05 Å². The second kappa shape index (κ2) is 5.20. The fourth-order valence-electron chi connectivity index (χ4n) is 1.64. The van der Waals surface area contributed by atoms with Crippen LogP contribution in [0.2, 0.25) is 0 Å². The molecule has 0 aromatic carbocycles. The molecule has 98 valence electrons. The van der Waals surface area contributed by atoms with Crippen molar-refractivity contribution in [1.82, 2.24) is 20.1 Å². The largest absolute Gasteiger partial charge is 0.320 e. The van der Waals surface area contributed by atoms with Crippen molar-refractivity contribution in [3.63, 3.8) is 0 Å². The molecule has 0 bridgehead atoms. The third-order valence-electron chi connectivity index (χ3n) is 2.79. The van der Waals surface area contributed by atoms with E-state index >= 15 is 0 Å². The summed E-state index contributed by atoms with van der Waals surface area (Å²) in [5, 5.41) is 11.3. The molecule has 0 unspecified atom stereocenters. The van der Waals surface area contributed by atoms with Gasteiger partial charge < -0.3 is 9.88 Å². The zero-order chi connectivity index (χ0) is 13.2. The molecule has 0 aliphatic rings. The summed E-state index contributed by atoms with van der Waals surface area (Å²) >= 11 is 1.88. The Kier molecular flexibility index (Phi) is 3.82. The van der Waals surface area contributed by atoms with E-state index in [1.807, 2.05) is 23.0 Å². The van der Waals surface area contributed by atoms with Crippen molar-refractivity contribution >= 4 is 11.3 Å². The monoisotopic (exact) mass is 264 g/mol.